The van der Waals surface area contributed by atoms with Crippen molar-refractivity contribution in [3.05, 3.63) is 58.6 Å². The van der Waals surface area contributed by atoms with Gasteiger partial charge in [0.2, 0.25) is 11.8 Å². The van der Waals surface area contributed by atoms with Crippen molar-refractivity contribution < 1.29 is 14.3 Å². The highest BCUT2D eigenvalue weighted by Crippen LogP contribution is 2.27. The van der Waals surface area contributed by atoms with E-state index in [0.29, 0.717) is 35.4 Å². The number of ether oxygens (including phenoxy) is 1. The quantitative estimate of drug-likeness (QED) is 0.737. The van der Waals surface area contributed by atoms with E-state index in [1.165, 1.54) is 11.8 Å². The second kappa shape index (κ2) is 10.0. The maximum absolute atomic E-state index is 11.9. The smallest absolute Gasteiger partial charge is 0.223 e. The van der Waals surface area contributed by atoms with Crippen LogP contribution in [-0.2, 0) is 9.59 Å². The van der Waals surface area contributed by atoms with E-state index in [4.69, 9.17) is 27.9 Å². The van der Waals surface area contributed by atoms with Crippen molar-refractivity contribution in [3.63, 3.8) is 0 Å². The zero-order valence-corrected chi connectivity index (χ0v) is 15.9. The van der Waals surface area contributed by atoms with E-state index in [0.717, 1.165) is 5.75 Å². The van der Waals surface area contributed by atoms with E-state index >= 15 is 0 Å². The molecule has 0 aliphatic heterocycles. The third-order valence-electron chi connectivity index (χ3n) is 3.59. The molecule has 26 heavy (non-hydrogen) atoms. The van der Waals surface area contributed by atoms with E-state index in [1.807, 2.05) is 30.3 Å². The van der Waals surface area contributed by atoms with E-state index in [9.17, 15) is 9.59 Å². The molecule has 2 amide bonds. The van der Waals surface area contributed by atoms with Gasteiger partial charge in [0.15, 0.2) is 0 Å². The molecule has 0 radical (unpaired) electrons. The Hall–Kier alpha value is -2.24. The van der Waals surface area contributed by atoms with Gasteiger partial charge in [0, 0.05) is 25.7 Å². The number of hydrogen-bond acceptors (Lipinski definition) is 3. The zero-order valence-electron chi connectivity index (χ0n) is 14.4. The third kappa shape index (κ3) is 6.24. The van der Waals surface area contributed by atoms with Gasteiger partial charge in [0.25, 0.3) is 0 Å². The topological polar surface area (TPSA) is 58.6 Å². The summed E-state index contributed by atoms with van der Waals surface area (Å²) in [5.41, 5.74) is 0.633. The largest absolute Gasteiger partial charge is 0.493 e. The van der Waals surface area contributed by atoms with Crippen molar-refractivity contribution in [2.24, 2.45) is 0 Å². The van der Waals surface area contributed by atoms with Crippen molar-refractivity contribution in [1.29, 1.82) is 0 Å². The van der Waals surface area contributed by atoms with Crippen LogP contribution in [0.2, 0.25) is 10.0 Å². The average Bonchev–Trinajstić information content (AvgIpc) is 2.62. The number of benzene rings is 2. The van der Waals surface area contributed by atoms with E-state index in [1.54, 1.807) is 18.2 Å². The van der Waals surface area contributed by atoms with Gasteiger partial charge in [0.1, 0.15) is 5.75 Å². The number of nitrogens with one attached hydrogen (secondary N) is 1. The number of anilines is 1. The Kier molecular flexibility index (Phi) is 7.75. The first-order chi connectivity index (χ1) is 12.5. The third-order valence-corrected chi connectivity index (χ3v) is 4.33. The van der Waals surface area contributed by atoms with E-state index in [-0.39, 0.29) is 18.2 Å². The minimum atomic E-state index is -0.148. The van der Waals surface area contributed by atoms with Gasteiger partial charge < -0.3 is 15.0 Å². The molecule has 0 saturated carbocycles. The van der Waals surface area contributed by atoms with Crippen LogP contribution in [0.1, 0.15) is 13.3 Å². The normalized spacial score (nSPS) is 10.3. The maximum atomic E-state index is 11.9. The van der Waals surface area contributed by atoms with Crippen LogP contribution in [-0.4, -0.2) is 31.5 Å². The summed E-state index contributed by atoms with van der Waals surface area (Å²) in [5.74, 6) is 0.436. The van der Waals surface area contributed by atoms with Gasteiger partial charge in [-0.25, -0.2) is 0 Å². The average molecular weight is 395 g/mol. The number of carbonyl (C=O) groups excluding carboxylic acids is 2. The van der Waals surface area contributed by atoms with Crippen LogP contribution in [0.3, 0.4) is 0 Å². The highest BCUT2D eigenvalue weighted by molar-refractivity contribution is 6.42. The molecular weight excluding hydrogens is 375 g/mol. The van der Waals surface area contributed by atoms with Crippen LogP contribution >= 0.6 is 23.2 Å². The summed E-state index contributed by atoms with van der Waals surface area (Å²) >= 11 is 11.9. The molecule has 2 rings (SSSR count). The number of rotatable bonds is 8. The second-order valence-corrected chi connectivity index (χ2v) is 6.34. The maximum Gasteiger partial charge on any atom is 0.223 e. The molecule has 0 saturated heterocycles. The van der Waals surface area contributed by atoms with Gasteiger partial charge in [-0.1, -0.05) is 41.4 Å². The summed E-state index contributed by atoms with van der Waals surface area (Å²) < 4.78 is 5.48. The lowest BCUT2D eigenvalue weighted by molar-refractivity contribution is -0.122. The van der Waals surface area contributed by atoms with Crippen LogP contribution in [0, 0.1) is 0 Å². The summed E-state index contributed by atoms with van der Waals surface area (Å²) in [6, 6.07) is 14.3. The van der Waals surface area contributed by atoms with Gasteiger partial charge in [-0.2, -0.15) is 0 Å². The predicted octanol–water partition coefficient (Wildman–Crippen LogP) is 3.93. The fourth-order valence-corrected chi connectivity index (χ4v) is 2.59. The summed E-state index contributed by atoms with van der Waals surface area (Å²) in [6.45, 7) is 2.40. The minimum absolute atomic E-state index is 0.140. The van der Waals surface area contributed by atoms with E-state index in [2.05, 4.69) is 5.32 Å². The van der Waals surface area contributed by atoms with Gasteiger partial charge >= 0.3 is 0 Å². The molecule has 5 nitrogen and oxygen atoms in total. The SMILES string of the molecule is CC(=O)N(CCNC(=O)CCOc1ccccc1)c1ccc(Cl)c(Cl)c1. The number of nitrogens with zero attached hydrogens (tertiary/aromatic N) is 1. The number of amides is 2. The van der Waals surface area contributed by atoms with E-state index < -0.39 is 0 Å². The Morgan fingerprint density at radius 2 is 1.81 bits per heavy atom. The summed E-state index contributed by atoms with van der Waals surface area (Å²) in [6.07, 6.45) is 0.238. The molecule has 0 heterocycles. The summed E-state index contributed by atoms with van der Waals surface area (Å²) in [7, 11) is 0. The fourth-order valence-electron chi connectivity index (χ4n) is 2.30. The van der Waals surface area contributed by atoms with Crippen LogP contribution in [0.5, 0.6) is 5.75 Å². The Balaban J connectivity index is 1.77. The molecule has 1 N–H and O–H groups in total. The van der Waals surface area contributed by atoms with Crippen LogP contribution in [0.25, 0.3) is 0 Å². The number of hydrogen-bond donors (Lipinski definition) is 1. The van der Waals surface area contributed by atoms with Crippen LogP contribution in [0.15, 0.2) is 48.5 Å². The van der Waals surface area contributed by atoms with Gasteiger partial charge in [-0.15, -0.1) is 0 Å². The number of para-hydroxylation sites is 1. The van der Waals surface area contributed by atoms with Crippen LogP contribution in [0.4, 0.5) is 5.69 Å². The lowest BCUT2D eigenvalue weighted by Gasteiger charge is -2.22. The molecule has 2 aromatic rings. The summed E-state index contributed by atoms with van der Waals surface area (Å²) in [4.78, 5) is 25.3. The Bertz CT molecular complexity index is 754. The zero-order chi connectivity index (χ0) is 18.9. The standard InChI is InChI=1S/C19H20Cl2N2O3/c1-14(24)23(15-7-8-17(20)18(21)13-15)11-10-22-19(25)9-12-26-16-5-3-2-4-6-16/h2-8,13H,9-12H2,1H3,(H,22,25). The molecular formula is C19H20Cl2N2O3. The highest BCUT2D eigenvalue weighted by atomic mass is 35.5. The molecule has 0 unspecified atom stereocenters. The van der Waals surface area contributed by atoms with Crippen LogP contribution < -0.4 is 15.0 Å². The monoisotopic (exact) mass is 394 g/mol. The van der Waals surface area contributed by atoms with Crippen molar-refractivity contribution in [1.82, 2.24) is 5.32 Å². The first-order valence-electron chi connectivity index (χ1n) is 8.15. The number of halogens is 2. The Morgan fingerprint density at radius 1 is 1.08 bits per heavy atom. The Morgan fingerprint density at radius 3 is 2.46 bits per heavy atom. The Labute approximate surface area is 162 Å². The highest BCUT2D eigenvalue weighted by Gasteiger charge is 2.13. The predicted molar refractivity (Wildman–Crippen MR) is 104 cm³/mol. The molecule has 7 heteroatoms. The molecule has 0 spiro atoms. The molecule has 2 aromatic carbocycles. The molecule has 0 aliphatic rings. The van der Waals surface area contributed by atoms with Crippen molar-refractivity contribution in [2.75, 3.05) is 24.6 Å². The first-order valence-corrected chi connectivity index (χ1v) is 8.90. The van der Waals surface area contributed by atoms with Crippen molar-refractivity contribution in [3.8, 4) is 5.75 Å². The second-order valence-electron chi connectivity index (χ2n) is 5.53. The molecule has 0 aromatic heterocycles. The summed E-state index contributed by atoms with van der Waals surface area (Å²) in [5, 5.41) is 3.57. The minimum Gasteiger partial charge on any atom is -0.493 e. The van der Waals surface area contributed by atoms with Gasteiger partial charge in [-0.05, 0) is 30.3 Å². The lowest BCUT2D eigenvalue weighted by atomic mass is 10.2. The molecule has 0 fully saturated rings. The molecule has 0 atom stereocenters. The van der Waals surface area contributed by atoms with Gasteiger partial charge in [0.05, 0.1) is 23.1 Å². The van der Waals surface area contributed by atoms with Crippen molar-refractivity contribution >= 4 is 40.7 Å². The number of carbonyl (C=O) groups is 2. The molecule has 0 bridgehead atoms. The lowest BCUT2D eigenvalue weighted by Crippen LogP contribution is -2.37. The molecule has 0 aliphatic carbocycles. The molecule has 138 valence electrons. The fraction of sp³-hybridized carbons (Fsp3) is 0.263. The van der Waals surface area contributed by atoms with Crippen molar-refractivity contribution in [2.45, 2.75) is 13.3 Å². The first kappa shape index (κ1) is 20.1. The van der Waals surface area contributed by atoms with Gasteiger partial charge in [-0.3, -0.25) is 9.59 Å².